The third-order valence-corrected chi connectivity index (χ3v) is 3.57. The van der Waals surface area contributed by atoms with Crippen LogP contribution < -0.4 is 11.1 Å². The highest BCUT2D eigenvalue weighted by Crippen LogP contribution is 2.20. The van der Waals surface area contributed by atoms with E-state index in [0.29, 0.717) is 0 Å². The fraction of sp³-hybridized carbons (Fsp3) is 0.500. The Bertz CT molecular complexity index is 504. The predicted octanol–water partition coefficient (Wildman–Crippen LogP) is 2.13. The molecule has 122 valence electrons. The van der Waals surface area contributed by atoms with Crippen molar-refractivity contribution in [2.24, 2.45) is 11.7 Å². The number of hydrogen-bond acceptors (Lipinski definition) is 4. The van der Waals surface area contributed by atoms with Gasteiger partial charge >= 0.3 is 12.1 Å². The van der Waals surface area contributed by atoms with Gasteiger partial charge in [0.2, 0.25) is 0 Å². The van der Waals surface area contributed by atoms with Gasteiger partial charge in [-0.2, -0.15) is 0 Å². The van der Waals surface area contributed by atoms with Crippen LogP contribution in [-0.2, 0) is 16.1 Å². The fourth-order valence-corrected chi connectivity index (χ4v) is 2.29. The highest BCUT2D eigenvalue weighted by molar-refractivity contribution is 5.73. The number of rotatable bonds is 7. The second kappa shape index (κ2) is 7.79. The van der Waals surface area contributed by atoms with Crippen LogP contribution in [0.2, 0.25) is 0 Å². The summed E-state index contributed by atoms with van der Waals surface area (Å²) in [5, 5.41) is 11.7. The molecule has 6 heteroatoms. The number of carboxylic acid groups (broad SMARTS) is 1. The molecule has 2 atom stereocenters. The molecule has 22 heavy (non-hydrogen) atoms. The Kier molecular flexibility index (Phi) is 6.37. The molecule has 0 heterocycles. The number of ether oxygens (including phenoxy) is 1. The molecule has 0 saturated carbocycles. The van der Waals surface area contributed by atoms with Gasteiger partial charge in [0.1, 0.15) is 6.61 Å². The van der Waals surface area contributed by atoms with Crippen LogP contribution in [0.25, 0.3) is 0 Å². The van der Waals surface area contributed by atoms with Crippen LogP contribution >= 0.6 is 0 Å². The molecule has 0 aliphatic rings. The third kappa shape index (κ3) is 5.37. The summed E-state index contributed by atoms with van der Waals surface area (Å²) in [7, 11) is 0. The lowest BCUT2D eigenvalue weighted by Crippen LogP contribution is -2.61. The second-order valence-corrected chi connectivity index (χ2v) is 5.94. The van der Waals surface area contributed by atoms with Gasteiger partial charge in [0, 0.05) is 6.04 Å². The van der Waals surface area contributed by atoms with E-state index < -0.39 is 23.6 Å². The van der Waals surface area contributed by atoms with Crippen molar-refractivity contribution in [3.05, 3.63) is 35.9 Å². The van der Waals surface area contributed by atoms with Gasteiger partial charge in [-0.25, -0.2) is 4.79 Å². The monoisotopic (exact) mass is 308 g/mol. The van der Waals surface area contributed by atoms with Crippen molar-refractivity contribution in [1.29, 1.82) is 0 Å². The van der Waals surface area contributed by atoms with Crippen LogP contribution in [0.4, 0.5) is 4.79 Å². The Morgan fingerprint density at radius 1 is 1.32 bits per heavy atom. The van der Waals surface area contributed by atoms with Gasteiger partial charge in [0.05, 0.1) is 12.0 Å². The standard InChI is InChI=1S/C16H24N2O4/c1-11(2)14(17)16(3,9-13(19)20)18-15(21)22-10-12-7-5-4-6-8-12/h4-8,11,14H,9-10,17H2,1-3H3,(H,18,21)(H,19,20). The lowest BCUT2D eigenvalue weighted by molar-refractivity contribution is -0.138. The summed E-state index contributed by atoms with van der Waals surface area (Å²) in [5.74, 6) is -1.01. The molecule has 1 aromatic rings. The minimum atomic E-state index is -1.08. The second-order valence-electron chi connectivity index (χ2n) is 5.94. The number of hydrogen-bond donors (Lipinski definition) is 3. The summed E-state index contributed by atoms with van der Waals surface area (Å²) in [5.41, 5.74) is 5.84. The van der Waals surface area contributed by atoms with E-state index in [0.717, 1.165) is 5.56 Å². The van der Waals surface area contributed by atoms with Gasteiger partial charge in [-0.1, -0.05) is 44.2 Å². The number of nitrogens with one attached hydrogen (secondary N) is 1. The molecule has 1 rings (SSSR count). The molecule has 1 amide bonds. The number of carbonyl (C=O) groups is 2. The first kappa shape index (κ1) is 18.0. The Morgan fingerprint density at radius 2 is 1.91 bits per heavy atom. The number of carbonyl (C=O) groups excluding carboxylic acids is 1. The van der Waals surface area contributed by atoms with E-state index in [9.17, 15) is 9.59 Å². The molecule has 2 unspecified atom stereocenters. The molecule has 0 aliphatic heterocycles. The zero-order valence-corrected chi connectivity index (χ0v) is 13.2. The van der Waals surface area contributed by atoms with E-state index >= 15 is 0 Å². The number of aliphatic carboxylic acids is 1. The van der Waals surface area contributed by atoms with E-state index in [1.165, 1.54) is 0 Å². The molecule has 6 nitrogen and oxygen atoms in total. The topological polar surface area (TPSA) is 102 Å². The average molecular weight is 308 g/mol. The van der Waals surface area contributed by atoms with Crippen LogP contribution in [0.5, 0.6) is 0 Å². The van der Waals surface area contributed by atoms with Crippen molar-refractivity contribution in [3.63, 3.8) is 0 Å². The van der Waals surface area contributed by atoms with Crippen LogP contribution in [0.3, 0.4) is 0 Å². The summed E-state index contributed by atoms with van der Waals surface area (Å²) in [6.07, 6.45) is -0.948. The predicted molar refractivity (Wildman–Crippen MR) is 83.2 cm³/mol. The first-order valence-corrected chi connectivity index (χ1v) is 7.21. The van der Waals surface area contributed by atoms with Crippen molar-refractivity contribution in [2.45, 2.75) is 45.4 Å². The van der Waals surface area contributed by atoms with Crippen molar-refractivity contribution < 1.29 is 19.4 Å². The number of carboxylic acids is 1. The van der Waals surface area contributed by atoms with Gasteiger partial charge in [0.15, 0.2) is 0 Å². The summed E-state index contributed by atoms with van der Waals surface area (Å²) in [4.78, 5) is 23.0. The van der Waals surface area contributed by atoms with Gasteiger partial charge in [-0.3, -0.25) is 4.79 Å². The Morgan fingerprint density at radius 3 is 2.41 bits per heavy atom. The maximum absolute atomic E-state index is 12.0. The lowest BCUT2D eigenvalue weighted by Gasteiger charge is -2.37. The largest absolute Gasteiger partial charge is 0.481 e. The SMILES string of the molecule is CC(C)C(N)C(C)(CC(=O)O)NC(=O)OCc1ccccc1. The minimum absolute atomic E-state index is 0.0128. The van der Waals surface area contributed by atoms with E-state index in [1.807, 2.05) is 44.2 Å². The first-order chi connectivity index (χ1) is 10.2. The van der Waals surface area contributed by atoms with Gasteiger partial charge in [-0.05, 0) is 18.4 Å². The van der Waals surface area contributed by atoms with Crippen molar-refractivity contribution >= 4 is 12.1 Å². The molecular weight excluding hydrogens is 284 g/mol. The van der Waals surface area contributed by atoms with Crippen LogP contribution in [0, 0.1) is 5.92 Å². The van der Waals surface area contributed by atoms with E-state index in [1.54, 1.807) is 6.92 Å². The summed E-state index contributed by atoms with van der Waals surface area (Å²) in [6.45, 7) is 5.49. The number of alkyl carbamates (subject to hydrolysis) is 1. The molecule has 0 radical (unpaired) electrons. The molecular formula is C16H24N2O4. The first-order valence-electron chi connectivity index (χ1n) is 7.21. The van der Waals surface area contributed by atoms with Crippen LogP contribution in [-0.4, -0.2) is 28.7 Å². The molecule has 0 fully saturated rings. The average Bonchev–Trinajstić information content (AvgIpc) is 2.44. The molecule has 1 aromatic carbocycles. The summed E-state index contributed by atoms with van der Waals surface area (Å²) < 4.78 is 5.14. The van der Waals surface area contributed by atoms with Crippen molar-refractivity contribution in [2.75, 3.05) is 0 Å². The quantitative estimate of drug-likeness (QED) is 0.716. The minimum Gasteiger partial charge on any atom is -0.481 e. The van der Waals surface area contributed by atoms with E-state index in [4.69, 9.17) is 15.6 Å². The Balaban J connectivity index is 2.68. The molecule has 0 aromatic heterocycles. The smallest absolute Gasteiger partial charge is 0.407 e. The number of benzene rings is 1. The molecule has 0 aliphatic carbocycles. The normalized spacial score (nSPS) is 15.0. The van der Waals surface area contributed by atoms with Gasteiger partial charge < -0.3 is 20.9 Å². The molecule has 4 N–H and O–H groups in total. The van der Waals surface area contributed by atoms with E-state index in [2.05, 4.69) is 5.32 Å². The number of amides is 1. The molecule has 0 saturated heterocycles. The maximum Gasteiger partial charge on any atom is 0.407 e. The van der Waals surface area contributed by atoms with Crippen LogP contribution in [0.1, 0.15) is 32.8 Å². The maximum atomic E-state index is 12.0. The van der Waals surface area contributed by atoms with E-state index in [-0.39, 0.29) is 18.9 Å². The zero-order chi connectivity index (χ0) is 16.8. The number of nitrogens with two attached hydrogens (primary N) is 1. The lowest BCUT2D eigenvalue weighted by atomic mass is 9.82. The summed E-state index contributed by atoms with van der Waals surface area (Å²) in [6, 6.07) is 8.73. The van der Waals surface area contributed by atoms with Crippen molar-refractivity contribution in [1.82, 2.24) is 5.32 Å². The van der Waals surface area contributed by atoms with Gasteiger partial charge in [0.25, 0.3) is 0 Å². The Labute approximate surface area is 130 Å². The molecule has 0 bridgehead atoms. The highest BCUT2D eigenvalue weighted by Gasteiger charge is 2.37. The van der Waals surface area contributed by atoms with Gasteiger partial charge in [-0.15, -0.1) is 0 Å². The van der Waals surface area contributed by atoms with Crippen LogP contribution in [0.15, 0.2) is 30.3 Å². The van der Waals surface area contributed by atoms with Crippen molar-refractivity contribution in [3.8, 4) is 0 Å². The third-order valence-electron chi connectivity index (χ3n) is 3.57. The Hall–Kier alpha value is -2.08. The molecule has 0 spiro atoms. The zero-order valence-electron chi connectivity index (χ0n) is 13.2. The highest BCUT2D eigenvalue weighted by atomic mass is 16.5. The fourth-order valence-electron chi connectivity index (χ4n) is 2.29. The summed E-state index contributed by atoms with van der Waals surface area (Å²) >= 11 is 0.